The maximum absolute atomic E-state index is 13.3. The molecule has 4 aromatic rings. The first-order valence-electron chi connectivity index (χ1n) is 10.4. The zero-order chi connectivity index (χ0) is 21.5. The zero-order valence-electron chi connectivity index (χ0n) is 17.5. The Morgan fingerprint density at radius 1 is 0.903 bits per heavy atom. The Balaban J connectivity index is 1.71. The third kappa shape index (κ3) is 3.41. The Kier molecular flexibility index (Phi) is 5.03. The molecule has 0 aliphatic carbocycles. The molecule has 0 radical (unpaired) electrons. The van der Waals surface area contributed by atoms with Crippen molar-refractivity contribution in [3.05, 3.63) is 106 Å². The molecular weight excluding hydrogens is 448 g/mol. The van der Waals surface area contributed by atoms with Gasteiger partial charge in [0.2, 0.25) is 0 Å². The van der Waals surface area contributed by atoms with Crippen LogP contribution in [0.3, 0.4) is 0 Å². The second-order valence-corrected chi connectivity index (χ2v) is 9.01. The van der Waals surface area contributed by atoms with Crippen molar-refractivity contribution >= 4 is 32.7 Å². The molecule has 0 unspecified atom stereocenters. The van der Waals surface area contributed by atoms with Crippen LogP contribution in [0, 0.1) is 0 Å². The Bertz CT molecular complexity index is 1300. The van der Waals surface area contributed by atoms with Gasteiger partial charge in [-0.05, 0) is 48.7 Å². The van der Waals surface area contributed by atoms with E-state index in [0.29, 0.717) is 6.54 Å². The van der Waals surface area contributed by atoms with E-state index in [4.69, 9.17) is 0 Å². The molecule has 0 fully saturated rings. The van der Waals surface area contributed by atoms with Crippen LogP contribution in [0.4, 0.5) is 0 Å². The van der Waals surface area contributed by atoms with Crippen LogP contribution in [-0.2, 0) is 11.3 Å². The Morgan fingerprint density at radius 3 is 2.32 bits per heavy atom. The zero-order valence-corrected chi connectivity index (χ0v) is 19.1. The van der Waals surface area contributed by atoms with Crippen molar-refractivity contribution in [1.29, 1.82) is 0 Å². The molecule has 31 heavy (non-hydrogen) atoms. The molecule has 5 rings (SSSR count). The molecule has 0 saturated carbocycles. The first kappa shape index (κ1) is 19.8. The number of rotatable bonds is 4. The lowest BCUT2D eigenvalue weighted by Crippen LogP contribution is -2.29. The normalized spacial score (nSPS) is 16.5. The van der Waals surface area contributed by atoms with E-state index in [1.165, 1.54) is 0 Å². The molecule has 1 aromatic heterocycles. The summed E-state index contributed by atoms with van der Waals surface area (Å²) in [6.45, 7) is 4.62. The van der Waals surface area contributed by atoms with Crippen LogP contribution in [0.25, 0.3) is 22.2 Å². The molecule has 1 N–H and O–H groups in total. The maximum atomic E-state index is 13.3. The number of nitrogens with zero attached hydrogens (tertiary/aromatic N) is 1. The summed E-state index contributed by atoms with van der Waals surface area (Å²) in [4.78, 5) is 19.0. The second kappa shape index (κ2) is 7.86. The number of carbonyl (C=O) groups is 1. The fourth-order valence-corrected chi connectivity index (χ4v) is 4.81. The molecule has 2 heterocycles. The highest BCUT2D eigenvalue weighted by Gasteiger charge is 2.38. The van der Waals surface area contributed by atoms with Gasteiger partial charge in [0, 0.05) is 33.1 Å². The molecule has 154 valence electrons. The van der Waals surface area contributed by atoms with Gasteiger partial charge in [0.05, 0.1) is 11.7 Å². The van der Waals surface area contributed by atoms with Gasteiger partial charge in [0.15, 0.2) is 0 Å². The third-order valence-electron chi connectivity index (χ3n) is 6.24. The Labute approximate surface area is 190 Å². The number of aromatic nitrogens is 1. The molecule has 3 nitrogen and oxygen atoms in total. The van der Waals surface area contributed by atoms with Gasteiger partial charge in [0.1, 0.15) is 0 Å². The van der Waals surface area contributed by atoms with E-state index in [1.54, 1.807) is 0 Å². The minimum atomic E-state index is -0.109. The highest BCUT2D eigenvalue weighted by Crippen LogP contribution is 2.45. The van der Waals surface area contributed by atoms with Gasteiger partial charge < -0.3 is 9.88 Å². The van der Waals surface area contributed by atoms with Crippen molar-refractivity contribution in [3.63, 3.8) is 0 Å². The summed E-state index contributed by atoms with van der Waals surface area (Å²) in [6.07, 6.45) is 0. The molecular formula is C27H23BrN2O. The minimum Gasteiger partial charge on any atom is -0.354 e. The van der Waals surface area contributed by atoms with E-state index in [2.05, 4.69) is 82.4 Å². The van der Waals surface area contributed by atoms with Crippen molar-refractivity contribution in [1.82, 2.24) is 9.88 Å². The van der Waals surface area contributed by atoms with Crippen LogP contribution in [0.2, 0.25) is 0 Å². The van der Waals surface area contributed by atoms with E-state index in [1.807, 2.05) is 36.1 Å². The maximum Gasteiger partial charge on any atom is 0.250 e. The smallest absolute Gasteiger partial charge is 0.250 e. The van der Waals surface area contributed by atoms with Gasteiger partial charge in [-0.3, -0.25) is 4.79 Å². The van der Waals surface area contributed by atoms with Gasteiger partial charge in [0.25, 0.3) is 5.91 Å². The summed E-state index contributed by atoms with van der Waals surface area (Å²) in [5, 5.41) is 1.16. The number of amides is 1. The SMILES string of the molecule is CC1=C(C)[C@@H](c2c(-c3ccc(Br)cc3)[nH]c3ccccc23)N(Cc2ccccc2)C1=O. The Morgan fingerprint density at radius 2 is 1.58 bits per heavy atom. The molecule has 1 aliphatic rings. The molecule has 1 atom stereocenters. The number of carbonyl (C=O) groups excluding carboxylic acids is 1. The van der Waals surface area contributed by atoms with Gasteiger partial charge in [-0.2, -0.15) is 0 Å². The average molecular weight is 471 g/mol. The summed E-state index contributed by atoms with van der Waals surface area (Å²) in [5.41, 5.74) is 7.51. The lowest BCUT2D eigenvalue weighted by molar-refractivity contribution is -0.127. The predicted octanol–water partition coefficient (Wildman–Crippen LogP) is 7.02. The molecule has 4 heteroatoms. The highest BCUT2D eigenvalue weighted by molar-refractivity contribution is 9.10. The van der Waals surface area contributed by atoms with Crippen molar-refractivity contribution in [2.75, 3.05) is 0 Å². The van der Waals surface area contributed by atoms with Crippen molar-refractivity contribution < 1.29 is 4.79 Å². The molecule has 3 aromatic carbocycles. The summed E-state index contributed by atoms with van der Waals surface area (Å²) >= 11 is 3.54. The largest absolute Gasteiger partial charge is 0.354 e. The monoisotopic (exact) mass is 470 g/mol. The van der Waals surface area contributed by atoms with Crippen LogP contribution >= 0.6 is 15.9 Å². The third-order valence-corrected chi connectivity index (χ3v) is 6.77. The summed E-state index contributed by atoms with van der Waals surface area (Å²) in [7, 11) is 0. The number of hydrogen-bond donors (Lipinski definition) is 1. The predicted molar refractivity (Wildman–Crippen MR) is 130 cm³/mol. The number of H-pyrrole nitrogens is 1. The molecule has 0 bridgehead atoms. The van der Waals surface area contributed by atoms with E-state index < -0.39 is 0 Å². The van der Waals surface area contributed by atoms with Crippen molar-refractivity contribution in [2.24, 2.45) is 0 Å². The van der Waals surface area contributed by atoms with E-state index in [0.717, 1.165) is 48.9 Å². The van der Waals surface area contributed by atoms with E-state index in [-0.39, 0.29) is 11.9 Å². The lowest BCUT2D eigenvalue weighted by atomic mass is 9.93. The van der Waals surface area contributed by atoms with Crippen LogP contribution in [0.5, 0.6) is 0 Å². The first-order valence-corrected chi connectivity index (χ1v) is 11.2. The van der Waals surface area contributed by atoms with Gasteiger partial charge in [-0.15, -0.1) is 0 Å². The Hall–Kier alpha value is -3.11. The molecule has 1 aliphatic heterocycles. The fourth-order valence-electron chi connectivity index (χ4n) is 4.55. The summed E-state index contributed by atoms with van der Waals surface area (Å²) in [6, 6.07) is 26.8. The van der Waals surface area contributed by atoms with Crippen LogP contribution in [0.15, 0.2) is 94.5 Å². The number of hydrogen-bond acceptors (Lipinski definition) is 1. The van der Waals surface area contributed by atoms with Gasteiger partial charge in [-0.25, -0.2) is 0 Å². The average Bonchev–Trinajstić information content (AvgIpc) is 3.26. The topological polar surface area (TPSA) is 36.1 Å². The van der Waals surface area contributed by atoms with Crippen LogP contribution < -0.4 is 0 Å². The van der Waals surface area contributed by atoms with Gasteiger partial charge >= 0.3 is 0 Å². The van der Waals surface area contributed by atoms with Crippen LogP contribution in [0.1, 0.15) is 31.0 Å². The highest BCUT2D eigenvalue weighted by atomic mass is 79.9. The van der Waals surface area contributed by atoms with Crippen LogP contribution in [-0.4, -0.2) is 15.8 Å². The summed E-state index contributed by atoms with van der Waals surface area (Å²) in [5.74, 6) is 0.110. The first-order chi connectivity index (χ1) is 15.0. The number of nitrogens with one attached hydrogen (secondary N) is 1. The van der Waals surface area contributed by atoms with Crippen molar-refractivity contribution in [2.45, 2.75) is 26.4 Å². The van der Waals surface area contributed by atoms with E-state index in [9.17, 15) is 4.79 Å². The molecule has 0 saturated heterocycles. The minimum absolute atomic E-state index is 0.109. The number of benzene rings is 3. The number of aromatic amines is 1. The standard InChI is InChI=1S/C27H23BrN2O/c1-17-18(2)27(31)30(16-19-8-4-3-5-9-19)26(17)24-22-10-6-7-11-23(22)29-25(24)20-12-14-21(28)15-13-20/h3-15,26,29H,16H2,1-2H3/t26-/m0/s1. The van der Waals surface area contributed by atoms with E-state index >= 15 is 0 Å². The number of para-hydroxylation sites is 1. The quantitative estimate of drug-likeness (QED) is 0.341. The fraction of sp³-hybridized carbons (Fsp3) is 0.148. The lowest BCUT2D eigenvalue weighted by Gasteiger charge is -2.28. The summed E-state index contributed by atoms with van der Waals surface area (Å²) < 4.78 is 1.04. The molecule has 1 amide bonds. The number of halogens is 1. The molecule has 0 spiro atoms. The number of fused-ring (bicyclic) bond motifs is 1. The van der Waals surface area contributed by atoms with Crippen molar-refractivity contribution in [3.8, 4) is 11.3 Å². The second-order valence-electron chi connectivity index (χ2n) is 8.10. The van der Waals surface area contributed by atoms with Gasteiger partial charge in [-0.1, -0.05) is 76.6 Å².